The van der Waals surface area contributed by atoms with Crippen molar-refractivity contribution in [1.29, 1.82) is 0 Å². The predicted molar refractivity (Wildman–Crippen MR) is 124 cm³/mol. The van der Waals surface area contributed by atoms with Crippen molar-refractivity contribution in [3.05, 3.63) is 107 Å². The first-order valence-corrected chi connectivity index (χ1v) is 10.9. The molecule has 0 radical (unpaired) electrons. The molecule has 0 aliphatic carbocycles. The summed E-state index contributed by atoms with van der Waals surface area (Å²) in [6.45, 7) is 2.47. The summed E-state index contributed by atoms with van der Waals surface area (Å²) in [5.41, 5.74) is 3.99. The van der Waals surface area contributed by atoms with Gasteiger partial charge in [0, 0.05) is 36.0 Å². The summed E-state index contributed by atoms with van der Waals surface area (Å²) >= 11 is 0. The number of carbonyl (C=O) groups excluding carboxylic acids is 1. The van der Waals surface area contributed by atoms with Crippen LogP contribution in [0.2, 0.25) is 0 Å². The van der Waals surface area contributed by atoms with E-state index in [1.165, 1.54) is 12.1 Å². The average molecular weight is 451 g/mol. The van der Waals surface area contributed by atoms with E-state index in [1.807, 2.05) is 54.7 Å². The first-order chi connectivity index (χ1) is 15.9. The number of aromatic nitrogens is 1. The van der Waals surface area contributed by atoms with E-state index in [-0.39, 0.29) is 18.2 Å². The molecule has 0 unspecified atom stereocenters. The summed E-state index contributed by atoms with van der Waals surface area (Å²) in [5, 5.41) is 3.92. The number of hydrogen-bond donors (Lipinski definition) is 2. The highest BCUT2D eigenvalue weighted by Gasteiger charge is 2.31. The van der Waals surface area contributed by atoms with Gasteiger partial charge in [0.2, 0.25) is 5.91 Å². The molecule has 1 heterocycles. The van der Waals surface area contributed by atoms with Gasteiger partial charge in [0.15, 0.2) is 0 Å². The minimum absolute atomic E-state index is 0.126. The van der Waals surface area contributed by atoms with Crippen molar-refractivity contribution in [3.8, 4) is 0 Å². The average Bonchev–Trinajstić information content (AvgIpc) is 3.25. The Hall–Kier alpha value is -3.54. The number of aromatic amines is 1. The fourth-order valence-electron chi connectivity index (χ4n) is 4.19. The van der Waals surface area contributed by atoms with Crippen LogP contribution in [-0.4, -0.2) is 10.9 Å². The lowest BCUT2D eigenvalue weighted by molar-refractivity contribution is -0.137. The second kappa shape index (κ2) is 9.53. The Bertz CT molecular complexity index is 1230. The third-order valence-electron chi connectivity index (χ3n) is 5.95. The van der Waals surface area contributed by atoms with E-state index in [0.717, 1.165) is 46.1 Å². The molecular formula is C27H25F3N2O. The Balaban J connectivity index is 1.66. The molecule has 1 amide bonds. The molecule has 0 spiro atoms. The van der Waals surface area contributed by atoms with Gasteiger partial charge in [0.1, 0.15) is 0 Å². The Morgan fingerprint density at radius 1 is 0.970 bits per heavy atom. The molecular weight excluding hydrogens is 425 g/mol. The van der Waals surface area contributed by atoms with Gasteiger partial charge in [0.25, 0.3) is 0 Å². The number of carbonyl (C=O) groups is 1. The van der Waals surface area contributed by atoms with Crippen molar-refractivity contribution in [1.82, 2.24) is 10.3 Å². The van der Waals surface area contributed by atoms with E-state index in [0.29, 0.717) is 12.1 Å². The number of amides is 1. The van der Waals surface area contributed by atoms with Crippen LogP contribution in [-0.2, 0) is 23.9 Å². The van der Waals surface area contributed by atoms with Crippen LogP contribution in [0.15, 0.2) is 79.0 Å². The molecule has 0 fully saturated rings. The van der Waals surface area contributed by atoms with Crippen molar-refractivity contribution >= 4 is 16.8 Å². The summed E-state index contributed by atoms with van der Waals surface area (Å²) in [7, 11) is 0. The standard InChI is InChI=1S/C27H25F3N2O/c1-2-19-9-6-10-22-24(17-32-26(19)22)23(20-11-13-21(14-12-20)27(28,29)30)15-25(33)31-16-18-7-4-3-5-8-18/h3-14,17,23,32H,2,15-16H2,1H3,(H,31,33)/t23-/m0/s1. The van der Waals surface area contributed by atoms with E-state index in [9.17, 15) is 18.0 Å². The lowest BCUT2D eigenvalue weighted by Gasteiger charge is -2.18. The zero-order valence-corrected chi connectivity index (χ0v) is 18.2. The molecule has 4 aromatic rings. The number of fused-ring (bicyclic) bond motifs is 1. The van der Waals surface area contributed by atoms with Gasteiger partial charge in [0.05, 0.1) is 5.56 Å². The van der Waals surface area contributed by atoms with E-state index in [4.69, 9.17) is 0 Å². The minimum atomic E-state index is -4.40. The molecule has 0 saturated heterocycles. The number of nitrogens with one attached hydrogen (secondary N) is 2. The maximum Gasteiger partial charge on any atom is 0.416 e. The normalized spacial score (nSPS) is 12.6. The number of rotatable bonds is 7. The Kier molecular flexibility index (Phi) is 6.54. The number of para-hydroxylation sites is 1. The van der Waals surface area contributed by atoms with E-state index >= 15 is 0 Å². The summed E-state index contributed by atoms with van der Waals surface area (Å²) in [6, 6.07) is 20.7. The zero-order valence-electron chi connectivity index (χ0n) is 18.2. The minimum Gasteiger partial charge on any atom is -0.361 e. The quantitative estimate of drug-likeness (QED) is 0.328. The van der Waals surface area contributed by atoms with Crippen molar-refractivity contribution in [2.45, 2.75) is 38.4 Å². The second-order valence-corrected chi connectivity index (χ2v) is 8.08. The van der Waals surface area contributed by atoms with E-state index in [2.05, 4.69) is 17.2 Å². The van der Waals surface area contributed by atoms with Crippen molar-refractivity contribution in [3.63, 3.8) is 0 Å². The third kappa shape index (κ3) is 5.11. The van der Waals surface area contributed by atoms with Gasteiger partial charge in [-0.3, -0.25) is 4.79 Å². The molecule has 1 aromatic heterocycles. The number of H-pyrrole nitrogens is 1. The SMILES string of the molecule is CCc1cccc2c([C@@H](CC(=O)NCc3ccccc3)c3ccc(C(F)(F)F)cc3)c[nH]c12. The molecule has 0 aliphatic rings. The van der Waals surface area contributed by atoms with Gasteiger partial charge in [-0.2, -0.15) is 13.2 Å². The van der Waals surface area contributed by atoms with Crippen LogP contribution < -0.4 is 5.32 Å². The highest BCUT2D eigenvalue weighted by Crippen LogP contribution is 2.36. The lowest BCUT2D eigenvalue weighted by atomic mass is 9.87. The summed E-state index contributed by atoms with van der Waals surface area (Å²) < 4.78 is 39.3. The zero-order chi connectivity index (χ0) is 23.4. The molecule has 3 aromatic carbocycles. The Morgan fingerprint density at radius 2 is 1.70 bits per heavy atom. The third-order valence-corrected chi connectivity index (χ3v) is 5.95. The molecule has 4 rings (SSSR count). The maximum absolute atomic E-state index is 13.1. The van der Waals surface area contributed by atoms with Crippen LogP contribution >= 0.6 is 0 Å². The number of alkyl halides is 3. The van der Waals surface area contributed by atoms with Gasteiger partial charge >= 0.3 is 6.18 Å². The van der Waals surface area contributed by atoms with Gasteiger partial charge in [-0.05, 0) is 40.8 Å². The highest BCUT2D eigenvalue weighted by molar-refractivity contribution is 5.88. The Labute approximate surface area is 190 Å². The molecule has 2 N–H and O–H groups in total. The number of aryl methyl sites for hydroxylation is 1. The molecule has 33 heavy (non-hydrogen) atoms. The smallest absolute Gasteiger partial charge is 0.361 e. The summed E-state index contributed by atoms with van der Waals surface area (Å²) in [4.78, 5) is 16.2. The van der Waals surface area contributed by atoms with E-state index in [1.54, 1.807) is 0 Å². The van der Waals surface area contributed by atoms with Crippen LogP contribution in [0, 0.1) is 0 Å². The largest absolute Gasteiger partial charge is 0.416 e. The van der Waals surface area contributed by atoms with Crippen LogP contribution in [0.5, 0.6) is 0 Å². The summed E-state index contributed by atoms with van der Waals surface area (Å²) in [5.74, 6) is -0.548. The molecule has 6 heteroatoms. The first kappa shape index (κ1) is 22.6. The molecule has 0 bridgehead atoms. The lowest BCUT2D eigenvalue weighted by Crippen LogP contribution is -2.25. The molecule has 0 aliphatic heterocycles. The molecule has 170 valence electrons. The molecule has 0 saturated carbocycles. The second-order valence-electron chi connectivity index (χ2n) is 8.08. The van der Waals surface area contributed by atoms with E-state index < -0.39 is 11.7 Å². The van der Waals surface area contributed by atoms with Crippen LogP contribution in [0.4, 0.5) is 13.2 Å². The Morgan fingerprint density at radius 3 is 2.36 bits per heavy atom. The molecule has 3 nitrogen and oxygen atoms in total. The van der Waals surface area contributed by atoms with Crippen LogP contribution in [0.25, 0.3) is 10.9 Å². The highest BCUT2D eigenvalue weighted by atomic mass is 19.4. The van der Waals surface area contributed by atoms with Crippen molar-refractivity contribution < 1.29 is 18.0 Å². The van der Waals surface area contributed by atoms with Crippen LogP contribution in [0.1, 0.15) is 47.1 Å². The number of benzene rings is 3. The predicted octanol–water partition coefficient (Wildman–Crippen LogP) is 6.59. The fraction of sp³-hybridized carbons (Fsp3) is 0.222. The van der Waals surface area contributed by atoms with Gasteiger partial charge in [-0.1, -0.05) is 67.6 Å². The van der Waals surface area contributed by atoms with Crippen molar-refractivity contribution in [2.75, 3.05) is 0 Å². The monoisotopic (exact) mass is 450 g/mol. The maximum atomic E-state index is 13.1. The molecule has 1 atom stereocenters. The number of hydrogen-bond acceptors (Lipinski definition) is 1. The fourth-order valence-corrected chi connectivity index (χ4v) is 4.19. The van der Waals surface area contributed by atoms with Crippen LogP contribution in [0.3, 0.4) is 0 Å². The topological polar surface area (TPSA) is 44.9 Å². The summed E-state index contributed by atoms with van der Waals surface area (Å²) in [6.07, 6.45) is -1.56. The number of halogens is 3. The van der Waals surface area contributed by atoms with Gasteiger partial charge in [-0.25, -0.2) is 0 Å². The first-order valence-electron chi connectivity index (χ1n) is 10.9. The van der Waals surface area contributed by atoms with Crippen molar-refractivity contribution in [2.24, 2.45) is 0 Å². The van der Waals surface area contributed by atoms with Gasteiger partial charge < -0.3 is 10.3 Å². The van der Waals surface area contributed by atoms with Gasteiger partial charge in [-0.15, -0.1) is 0 Å².